The van der Waals surface area contributed by atoms with Crippen LogP contribution >= 0.6 is 0 Å². The molecule has 2 rings (SSSR count). The van der Waals surface area contributed by atoms with Gasteiger partial charge in [0.25, 0.3) is 0 Å². The SMILES string of the molecule is CCCCCCCc1ccc(C2CCC(O)CC2)cc1. The highest BCUT2D eigenvalue weighted by atomic mass is 16.3. The Labute approximate surface area is 124 Å². The number of hydrogen-bond acceptors (Lipinski definition) is 1. The van der Waals surface area contributed by atoms with Gasteiger partial charge in [-0.05, 0) is 55.6 Å². The summed E-state index contributed by atoms with van der Waals surface area (Å²) >= 11 is 0. The van der Waals surface area contributed by atoms with Crippen molar-refractivity contribution in [2.45, 2.75) is 83.2 Å². The van der Waals surface area contributed by atoms with Crippen molar-refractivity contribution in [3.05, 3.63) is 35.4 Å². The minimum absolute atomic E-state index is 0.0476. The summed E-state index contributed by atoms with van der Waals surface area (Å²) in [5.41, 5.74) is 2.97. The average molecular weight is 274 g/mol. The molecule has 20 heavy (non-hydrogen) atoms. The van der Waals surface area contributed by atoms with Crippen LogP contribution < -0.4 is 0 Å². The van der Waals surface area contributed by atoms with E-state index >= 15 is 0 Å². The van der Waals surface area contributed by atoms with Gasteiger partial charge in [0.15, 0.2) is 0 Å². The van der Waals surface area contributed by atoms with Crippen molar-refractivity contribution in [2.75, 3.05) is 0 Å². The highest BCUT2D eigenvalue weighted by molar-refractivity contribution is 5.26. The molecule has 1 nitrogen and oxygen atoms in total. The molecule has 0 aliphatic heterocycles. The van der Waals surface area contributed by atoms with E-state index in [1.807, 2.05) is 0 Å². The van der Waals surface area contributed by atoms with Crippen LogP contribution in [0.5, 0.6) is 0 Å². The minimum atomic E-state index is -0.0476. The maximum Gasteiger partial charge on any atom is 0.0540 e. The fraction of sp³-hybridized carbons (Fsp3) is 0.684. The molecule has 0 atom stereocenters. The van der Waals surface area contributed by atoms with Gasteiger partial charge in [-0.2, -0.15) is 0 Å². The third-order valence-corrected chi connectivity index (χ3v) is 4.72. The Balaban J connectivity index is 1.75. The zero-order valence-electron chi connectivity index (χ0n) is 13.0. The van der Waals surface area contributed by atoms with Crippen LogP contribution in [0, 0.1) is 0 Å². The van der Waals surface area contributed by atoms with Crippen molar-refractivity contribution in [3.63, 3.8) is 0 Å². The van der Waals surface area contributed by atoms with E-state index in [9.17, 15) is 5.11 Å². The van der Waals surface area contributed by atoms with Gasteiger partial charge in [-0.1, -0.05) is 56.9 Å². The zero-order valence-corrected chi connectivity index (χ0v) is 13.0. The number of aliphatic hydroxyl groups excluding tert-OH is 1. The van der Waals surface area contributed by atoms with E-state index in [1.165, 1.54) is 49.7 Å². The molecule has 0 aromatic heterocycles. The molecule has 1 aliphatic rings. The van der Waals surface area contributed by atoms with Crippen LogP contribution in [-0.4, -0.2) is 11.2 Å². The summed E-state index contributed by atoms with van der Waals surface area (Å²) < 4.78 is 0. The normalized spacial score (nSPS) is 22.9. The van der Waals surface area contributed by atoms with Crippen molar-refractivity contribution < 1.29 is 5.11 Å². The van der Waals surface area contributed by atoms with Gasteiger partial charge in [0.2, 0.25) is 0 Å². The summed E-state index contributed by atoms with van der Waals surface area (Å²) in [5.74, 6) is 0.678. The summed E-state index contributed by atoms with van der Waals surface area (Å²) in [4.78, 5) is 0. The summed E-state index contributed by atoms with van der Waals surface area (Å²) in [6, 6.07) is 9.29. The standard InChI is InChI=1S/C19H30O/c1-2-3-4-5-6-7-16-8-10-17(11-9-16)18-12-14-19(20)15-13-18/h8-11,18-20H,2-7,12-15H2,1H3. The Morgan fingerprint density at radius 1 is 0.900 bits per heavy atom. The van der Waals surface area contributed by atoms with E-state index in [0.29, 0.717) is 5.92 Å². The van der Waals surface area contributed by atoms with Crippen LogP contribution in [0.1, 0.15) is 81.8 Å². The Morgan fingerprint density at radius 3 is 2.20 bits per heavy atom. The quantitative estimate of drug-likeness (QED) is 0.676. The molecule has 112 valence electrons. The molecule has 1 aromatic carbocycles. The first-order valence-electron chi connectivity index (χ1n) is 8.56. The van der Waals surface area contributed by atoms with Crippen LogP contribution in [0.3, 0.4) is 0 Å². The molecular weight excluding hydrogens is 244 g/mol. The molecule has 1 aliphatic carbocycles. The van der Waals surface area contributed by atoms with Crippen LogP contribution in [0.4, 0.5) is 0 Å². The lowest BCUT2D eigenvalue weighted by atomic mass is 9.82. The van der Waals surface area contributed by atoms with Gasteiger partial charge >= 0.3 is 0 Å². The van der Waals surface area contributed by atoms with Gasteiger partial charge in [0.1, 0.15) is 0 Å². The minimum Gasteiger partial charge on any atom is -0.393 e. The van der Waals surface area contributed by atoms with Crippen LogP contribution in [0.15, 0.2) is 24.3 Å². The molecule has 0 radical (unpaired) electrons. The number of aryl methyl sites for hydroxylation is 1. The van der Waals surface area contributed by atoms with Crippen LogP contribution in [0.25, 0.3) is 0 Å². The zero-order chi connectivity index (χ0) is 14.2. The Bertz CT molecular complexity index is 360. The van der Waals surface area contributed by atoms with Gasteiger partial charge in [0.05, 0.1) is 6.10 Å². The maximum absolute atomic E-state index is 9.58. The van der Waals surface area contributed by atoms with Crippen LogP contribution in [0.2, 0.25) is 0 Å². The number of hydrogen-bond donors (Lipinski definition) is 1. The topological polar surface area (TPSA) is 20.2 Å². The Hall–Kier alpha value is -0.820. The molecule has 0 spiro atoms. The summed E-state index contributed by atoms with van der Waals surface area (Å²) in [5, 5.41) is 9.58. The molecule has 1 heteroatoms. The predicted octanol–water partition coefficient (Wildman–Crippen LogP) is 5.22. The number of benzene rings is 1. The first-order chi connectivity index (χ1) is 9.79. The molecule has 0 amide bonds. The lowest BCUT2D eigenvalue weighted by molar-refractivity contribution is 0.122. The lowest BCUT2D eigenvalue weighted by Gasteiger charge is -2.25. The van der Waals surface area contributed by atoms with E-state index in [-0.39, 0.29) is 6.10 Å². The monoisotopic (exact) mass is 274 g/mol. The molecule has 1 fully saturated rings. The largest absolute Gasteiger partial charge is 0.393 e. The van der Waals surface area contributed by atoms with Crippen LogP contribution in [-0.2, 0) is 6.42 Å². The molecule has 0 heterocycles. The summed E-state index contributed by atoms with van der Waals surface area (Å²) in [6.07, 6.45) is 12.2. The van der Waals surface area contributed by atoms with E-state index < -0.39 is 0 Å². The smallest absolute Gasteiger partial charge is 0.0540 e. The van der Waals surface area contributed by atoms with Crippen molar-refractivity contribution in [2.24, 2.45) is 0 Å². The molecule has 1 saturated carbocycles. The maximum atomic E-state index is 9.58. The molecule has 1 aromatic rings. The fourth-order valence-corrected chi connectivity index (χ4v) is 3.30. The Kier molecular flexibility index (Phi) is 6.59. The molecular formula is C19H30O. The predicted molar refractivity (Wildman–Crippen MR) is 86.1 cm³/mol. The van der Waals surface area contributed by atoms with Gasteiger partial charge in [-0.15, -0.1) is 0 Å². The van der Waals surface area contributed by atoms with E-state index in [1.54, 1.807) is 0 Å². The second kappa shape index (κ2) is 8.46. The van der Waals surface area contributed by atoms with Crippen molar-refractivity contribution in [1.82, 2.24) is 0 Å². The second-order valence-corrected chi connectivity index (χ2v) is 6.41. The molecule has 1 N–H and O–H groups in total. The van der Waals surface area contributed by atoms with E-state index in [0.717, 1.165) is 25.7 Å². The molecule has 0 bridgehead atoms. The number of rotatable bonds is 7. The summed E-state index contributed by atoms with van der Waals surface area (Å²) in [6.45, 7) is 2.27. The average Bonchev–Trinajstić information content (AvgIpc) is 2.49. The highest BCUT2D eigenvalue weighted by Gasteiger charge is 2.20. The third-order valence-electron chi connectivity index (χ3n) is 4.72. The molecule has 0 unspecified atom stereocenters. The van der Waals surface area contributed by atoms with Crippen molar-refractivity contribution in [1.29, 1.82) is 0 Å². The van der Waals surface area contributed by atoms with E-state index in [2.05, 4.69) is 31.2 Å². The first kappa shape index (κ1) is 15.6. The van der Waals surface area contributed by atoms with Gasteiger partial charge in [-0.25, -0.2) is 0 Å². The van der Waals surface area contributed by atoms with Gasteiger partial charge in [0, 0.05) is 0 Å². The number of unbranched alkanes of at least 4 members (excludes halogenated alkanes) is 4. The van der Waals surface area contributed by atoms with Crippen molar-refractivity contribution >= 4 is 0 Å². The summed E-state index contributed by atoms with van der Waals surface area (Å²) in [7, 11) is 0. The first-order valence-corrected chi connectivity index (χ1v) is 8.56. The fourth-order valence-electron chi connectivity index (χ4n) is 3.30. The highest BCUT2D eigenvalue weighted by Crippen LogP contribution is 2.32. The van der Waals surface area contributed by atoms with E-state index in [4.69, 9.17) is 0 Å². The Morgan fingerprint density at radius 2 is 1.55 bits per heavy atom. The van der Waals surface area contributed by atoms with Crippen molar-refractivity contribution in [3.8, 4) is 0 Å². The van der Waals surface area contributed by atoms with Gasteiger partial charge in [-0.3, -0.25) is 0 Å². The second-order valence-electron chi connectivity index (χ2n) is 6.41. The third kappa shape index (κ3) is 4.94. The van der Waals surface area contributed by atoms with Gasteiger partial charge < -0.3 is 5.11 Å². The molecule has 0 saturated heterocycles. The lowest BCUT2D eigenvalue weighted by Crippen LogP contribution is -2.16. The number of aliphatic hydroxyl groups is 1.